The summed E-state index contributed by atoms with van der Waals surface area (Å²) >= 11 is 0. The third-order valence-corrected chi connectivity index (χ3v) is 8.02. The van der Waals surface area contributed by atoms with E-state index >= 15 is 0 Å². The zero-order valence-electron chi connectivity index (χ0n) is 31.5. The molecule has 5 atom stereocenters. The van der Waals surface area contributed by atoms with Crippen LogP contribution in [0.2, 0.25) is 0 Å². The lowest BCUT2D eigenvalue weighted by Gasteiger charge is -2.25. The fourth-order valence-electron chi connectivity index (χ4n) is 5.10. The highest BCUT2D eigenvalue weighted by molar-refractivity contribution is 5.95. The molecule has 0 spiro atoms. The number of primary amides is 1. The molecule has 1 saturated heterocycles. The smallest absolute Gasteiger partial charge is 0.252 e. The summed E-state index contributed by atoms with van der Waals surface area (Å²) < 4.78 is 26.4. The van der Waals surface area contributed by atoms with E-state index in [1.54, 1.807) is 12.1 Å². The lowest BCUT2D eigenvalue weighted by atomic mass is 10.00. The summed E-state index contributed by atoms with van der Waals surface area (Å²) in [4.78, 5) is 66.8. The maximum atomic E-state index is 13.6. The Bertz CT molecular complexity index is 1380. The Morgan fingerprint density at radius 3 is 2.05 bits per heavy atom. The van der Waals surface area contributed by atoms with E-state index in [1.807, 2.05) is 13.8 Å². The number of benzene rings is 1. The quantitative estimate of drug-likeness (QED) is 0.0163. The first kappa shape index (κ1) is 46.6. The molecule has 1 fully saturated rings. The minimum atomic E-state index is -1.18. The van der Waals surface area contributed by atoms with Crippen LogP contribution in [-0.2, 0) is 54.1 Å². The Hall–Kier alpha value is -4.56. The van der Waals surface area contributed by atoms with Crippen molar-refractivity contribution in [3.05, 3.63) is 40.3 Å². The topological polar surface area (TPSA) is 298 Å². The predicted octanol–water partition coefficient (Wildman–Crippen LogP) is -0.657. The molecule has 20 heteroatoms. The van der Waals surface area contributed by atoms with Crippen molar-refractivity contribution < 1.29 is 57.9 Å². The van der Waals surface area contributed by atoms with Gasteiger partial charge in [0.1, 0.15) is 36.6 Å². The van der Waals surface area contributed by atoms with Crippen LogP contribution in [0.1, 0.15) is 45.1 Å². The first-order valence-electron chi connectivity index (χ1n) is 18.3. The molecule has 2 rings (SSSR count). The molecule has 0 saturated carbocycles. The first-order valence-corrected chi connectivity index (χ1v) is 18.3. The molecule has 0 radical (unpaired) electrons. The second-order valence-electron chi connectivity index (χ2n) is 13.1. The van der Waals surface area contributed by atoms with Crippen LogP contribution in [0.25, 0.3) is 10.4 Å². The summed E-state index contributed by atoms with van der Waals surface area (Å²) in [6, 6.07) is 2.77. The zero-order chi connectivity index (χ0) is 40.4. The molecule has 0 aromatic heterocycles. The SMILES string of the molecule is CC(C)C[C@@H](NC(=O)[C@H]1O[C@@H]1CO)C(=O)N[C@H](Cc1ccc(O)cc1)C(=O)NC(CCCCNC(=O)COCCOCCOCCOCCN=[N+]=[N-])C(N)=O. The monoisotopic (exact) mass is 780 g/mol. The van der Waals surface area contributed by atoms with Gasteiger partial charge in [-0.2, -0.15) is 0 Å². The van der Waals surface area contributed by atoms with Crippen LogP contribution in [0.5, 0.6) is 5.75 Å². The number of rotatable bonds is 31. The van der Waals surface area contributed by atoms with Gasteiger partial charge in [0.05, 0.1) is 52.9 Å². The number of nitrogens with zero attached hydrogens (tertiary/aromatic N) is 3. The van der Waals surface area contributed by atoms with E-state index in [1.165, 1.54) is 12.1 Å². The molecule has 8 N–H and O–H groups in total. The van der Waals surface area contributed by atoms with Crippen molar-refractivity contribution in [3.8, 4) is 5.75 Å². The number of carbonyl (C=O) groups is 5. The number of amides is 5. The van der Waals surface area contributed by atoms with Gasteiger partial charge in [0.25, 0.3) is 5.91 Å². The number of phenolic OH excluding ortho intramolecular Hbond substituents is 1. The normalized spacial score (nSPS) is 16.3. The van der Waals surface area contributed by atoms with Gasteiger partial charge in [0.2, 0.25) is 23.6 Å². The highest BCUT2D eigenvalue weighted by Gasteiger charge is 2.45. The van der Waals surface area contributed by atoms with Crippen molar-refractivity contribution in [2.75, 3.05) is 72.6 Å². The molecule has 0 bridgehead atoms. The van der Waals surface area contributed by atoms with Crippen LogP contribution >= 0.6 is 0 Å². The fourth-order valence-corrected chi connectivity index (χ4v) is 5.10. The van der Waals surface area contributed by atoms with Gasteiger partial charge >= 0.3 is 0 Å². The number of nitrogens with two attached hydrogens (primary N) is 1. The van der Waals surface area contributed by atoms with E-state index in [9.17, 15) is 34.2 Å². The Morgan fingerprint density at radius 1 is 0.873 bits per heavy atom. The van der Waals surface area contributed by atoms with E-state index < -0.39 is 54.0 Å². The predicted molar refractivity (Wildman–Crippen MR) is 196 cm³/mol. The van der Waals surface area contributed by atoms with Crippen LogP contribution < -0.4 is 27.0 Å². The average molecular weight is 781 g/mol. The van der Waals surface area contributed by atoms with Gasteiger partial charge in [-0.05, 0) is 54.8 Å². The minimum Gasteiger partial charge on any atom is -0.508 e. The second kappa shape index (κ2) is 27.1. The number of epoxide rings is 1. The van der Waals surface area contributed by atoms with Crippen molar-refractivity contribution in [1.82, 2.24) is 21.3 Å². The Kier molecular flexibility index (Phi) is 22.9. The molecule has 1 aliphatic heterocycles. The van der Waals surface area contributed by atoms with Crippen LogP contribution in [0.15, 0.2) is 29.4 Å². The highest BCUT2D eigenvalue weighted by Crippen LogP contribution is 2.22. The summed E-state index contributed by atoms with van der Waals surface area (Å²) in [7, 11) is 0. The molecule has 55 heavy (non-hydrogen) atoms. The maximum absolute atomic E-state index is 13.6. The zero-order valence-corrected chi connectivity index (χ0v) is 31.5. The van der Waals surface area contributed by atoms with Crippen LogP contribution in [0, 0.1) is 5.92 Å². The largest absolute Gasteiger partial charge is 0.508 e. The molecule has 1 aliphatic rings. The van der Waals surface area contributed by atoms with Crippen molar-refractivity contribution in [3.63, 3.8) is 0 Å². The number of nitrogens with one attached hydrogen (secondary N) is 4. The third kappa shape index (κ3) is 20.6. The molecule has 1 unspecified atom stereocenters. The van der Waals surface area contributed by atoms with Gasteiger partial charge in [0, 0.05) is 24.4 Å². The van der Waals surface area contributed by atoms with Gasteiger partial charge < -0.3 is 60.9 Å². The summed E-state index contributed by atoms with van der Waals surface area (Å²) in [5.41, 5.74) is 14.4. The Balaban J connectivity index is 1.77. The summed E-state index contributed by atoms with van der Waals surface area (Å²) in [5, 5.41) is 33.0. The number of azide groups is 1. The minimum absolute atomic E-state index is 0.00238. The van der Waals surface area contributed by atoms with Gasteiger partial charge in [-0.25, -0.2) is 0 Å². The van der Waals surface area contributed by atoms with Gasteiger partial charge in [-0.15, -0.1) is 0 Å². The molecule has 308 valence electrons. The van der Waals surface area contributed by atoms with Crippen LogP contribution in [0.3, 0.4) is 0 Å². The molecular formula is C35H56N8O12. The van der Waals surface area contributed by atoms with Crippen molar-refractivity contribution >= 4 is 29.5 Å². The number of carbonyl (C=O) groups excluding carboxylic acids is 5. The van der Waals surface area contributed by atoms with Crippen molar-refractivity contribution in [2.24, 2.45) is 16.8 Å². The van der Waals surface area contributed by atoms with Crippen LogP contribution in [0.4, 0.5) is 0 Å². The van der Waals surface area contributed by atoms with E-state index in [4.69, 9.17) is 34.9 Å². The number of hydrogen-bond donors (Lipinski definition) is 7. The summed E-state index contributed by atoms with van der Waals surface area (Å²) in [6.07, 6.45) is -0.202. The molecule has 1 aromatic carbocycles. The standard InChI is InChI=1S/C35H56N8O12/c1-23(2)19-27(42-35(50)31-29(21-44)55-31)33(48)41-28(20-24-6-8-25(45)9-7-24)34(49)40-26(32(36)47)5-3-4-10-38-30(46)22-54-18-17-53-16-15-52-14-13-51-12-11-39-43-37/h6-9,23,26-29,31,44-45H,3-5,10-22H2,1-2H3,(H2,36,47)(H,38,46)(H,40,49)(H,41,48)(H,42,50)/t26?,27-,28-,29-,31+/m1/s1. The van der Waals surface area contributed by atoms with Gasteiger partial charge in [-0.1, -0.05) is 31.1 Å². The highest BCUT2D eigenvalue weighted by atomic mass is 16.6. The lowest BCUT2D eigenvalue weighted by molar-refractivity contribution is -0.133. The van der Waals surface area contributed by atoms with E-state index in [0.29, 0.717) is 51.4 Å². The molecule has 1 aromatic rings. The molecule has 0 aliphatic carbocycles. The lowest BCUT2D eigenvalue weighted by Crippen LogP contribution is -2.57. The number of aromatic hydroxyl groups is 1. The number of unbranched alkanes of at least 4 members (excludes halogenated alkanes) is 1. The Labute approximate surface area is 320 Å². The number of aliphatic hydroxyl groups is 1. The summed E-state index contributed by atoms with van der Waals surface area (Å²) in [5.74, 6) is -2.98. The van der Waals surface area contributed by atoms with E-state index in [2.05, 4.69) is 31.3 Å². The maximum Gasteiger partial charge on any atom is 0.252 e. The fraction of sp³-hybridized carbons (Fsp3) is 0.686. The summed E-state index contributed by atoms with van der Waals surface area (Å²) in [6.45, 7) is 6.06. The van der Waals surface area contributed by atoms with Gasteiger partial charge in [0.15, 0.2) is 6.10 Å². The Morgan fingerprint density at radius 2 is 1.47 bits per heavy atom. The number of ether oxygens (including phenoxy) is 5. The van der Waals surface area contributed by atoms with Gasteiger partial charge in [-0.3, -0.25) is 24.0 Å². The average Bonchev–Trinajstić information content (AvgIpc) is 3.95. The van der Waals surface area contributed by atoms with E-state index in [0.717, 1.165) is 0 Å². The van der Waals surface area contributed by atoms with E-state index in [-0.39, 0.29) is 76.4 Å². The van der Waals surface area contributed by atoms with Crippen molar-refractivity contribution in [2.45, 2.75) is 76.3 Å². The van der Waals surface area contributed by atoms with Crippen LogP contribution in [-0.4, -0.2) is 143 Å². The molecule has 5 amide bonds. The van der Waals surface area contributed by atoms with Crippen molar-refractivity contribution in [1.29, 1.82) is 0 Å². The number of phenols is 1. The molecule has 20 nitrogen and oxygen atoms in total. The number of aliphatic hydroxyl groups excluding tert-OH is 1. The molecular weight excluding hydrogens is 724 g/mol. The second-order valence-corrected chi connectivity index (χ2v) is 13.1. The first-order chi connectivity index (χ1) is 26.4. The molecule has 1 heterocycles. The number of hydrogen-bond acceptors (Lipinski definition) is 13. The third-order valence-electron chi connectivity index (χ3n) is 8.02.